The molecular formula is C19H18N2O. The van der Waals surface area contributed by atoms with Gasteiger partial charge in [0.1, 0.15) is 0 Å². The minimum Gasteiger partial charge on any atom is -0.341 e. The topological polar surface area (TPSA) is 44.1 Å². The number of amides is 1. The molecule has 1 amide bonds. The van der Waals surface area contributed by atoms with Crippen molar-refractivity contribution < 1.29 is 4.79 Å². The lowest BCUT2D eigenvalue weighted by Gasteiger charge is -2.24. The molecule has 0 aliphatic heterocycles. The van der Waals surface area contributed by atoms with Crippen LogP contribution in [0.2, 0.25) is 0 Å². The molecule has 0 unspecified atom stereocenters. The molecule has 0 radical (unpaired) electrons. The Balaban J connectivity index is 1.73. The fourth-order valence-corrected chi connectivity index (χ4v) is 2.90. The summed E-state index contributed by atoms with van der Waals surface area (Å²) in [7, 11) is 1.85. The molecule has 1 saturated carbocycles. The van der Waals surface area contributed by atoms with Crippen molar-refractivity contribution in [3.63, 3.8) is 0 Å². The van der Waals surface area contributed by atoms with Gasteiger partial charge < -0.3 is 4.90 Å². The summed E-state index contributed by atoms with van der Waals surface area (Å²) in [5.74, 6) is 0.183. The van der Waals surface area contributed by atoms with Gasteiger partial charge in [0.15, 0.2) is 0 Å². The van der Waals surface area contributed by atoms with Crippen LogP contribution in [0.1, 0.15) is 29.5 Å². The van der Waals surface area contributed by atoms with Crippen molar-refractivity contribution in [3.8, 4) is 6.07 Å². The highest BCUT2D eigenvalue weighted by Gasteiger charge is 2.52. The van der Waals surface area contributed by atoms with Gasteiger partial charge in [-0.05, 0) is 36.1 Å². The first-order valence-electron chi connectivity index (χ1n) is 7.46. The van der Waals surface area contributed by atoms with Gasteiger partial charge in [0.25, 0.3) is 0 Å². The van der Waals surface area contributed by atoms with Crippen LogP contribution < -0.4 is 0 Å². The Labute approximate surface area is 130 Å². The zero-order valence-electron chi connectivity index (χ0n) is 12.6. The Hall–Kier alpha value is -2.60. The third-order valence-corrected chi connectivity index (χ3v) is 4.34. The molecule has 110 valence electrons. The predicted molar refractivity (Wildman–Crippen MR) is 85.0 cm³/mol. The summed E-state index contributed by atoms with van der Waals surface area (Å²) in [6.07, 6.45) is 1.85. The van der Waals surface area contributed by atoms with Gasteiger partial charge in [0.2, 0.25) is 5.91 Å². The number of carbonyl (C=O) groups is 1. The van der Waals surface area contributed by atoms with E-state index in [4.69, 9.17) is 5.26 Å². The number of hydrogen-bond donors (Lipinski definition) is 0. The summed E-state index contributed by atoms with van der Waals surface area (Å²) in [5.41, 5.74) is 2.48. The van der Waals surface area contributed by atoms with Crippen molar-refractivity contribution >= 4 is 5.91 Å². The van der Waals surface area contributed by atoms with E-state index in [9.17, 15) is 4.79 Å². The van der Waals surface area contributed by atoms with Crippen molar-refractivity contribution in [2.45, 2.75) is 24.8 Å². The van der Waals surface area contributed by atoms with Gasteiger partial charge in [-0.15, -0.1) is 0 Å². The zero-order chi connectivity index (χ0) is 15.6. The van der Waals surface area contributed by atoms with E-state index in [1.165, 1.54) is 0 Å². The number of benzene rings is 2. The quantitative estimate of drug-likeness (QED) is 0.867. The SMILES string of the molecule is CN(Cc1ccc(C#N)cc1)C(=O)C1(c2ccccc2)CC1. The minimum absolute atomic E-state index is 0.183. The predicted octanol–water partition coefficient (Wildman–Crippen LogP) is 3.25. The minimum atomic E-state index is -0.317. The lowest BCUT2D eigenvalue weighted by atomic mass is 9.94. The van der Waals surface area contributed by atoms with Crippen LogP contribution in [-0.4, -0.2) is 17.9 Å². The summed E-state index contributed by atoms with van der Waals surface area (Å²) in [6, 6.07) is 19.5. The molecule has 2 aromatic rings. The molecule has 22 heavy (non-hydrogen) atoms. The second kappa shape index (κ2) is 5.65. The van der Waals surface area contributed by atoms with E-state index in [2.05, 4.69) is 6.07 Å². The summed E-state index contributed by atoms with van der Waals surface area (Å²) in [4.78, 5) is 14.6. The molecule has 0 heterocycles. The van der Waals surface area contributed by atoms with E-state index >= 15 is 0 Å². The third-order valence-electron chi connectivity index (χ3n) is 4.34. The number of likely N-dealkylation sites (N-methyl/N-ethyl adjacent to an activating group) is 1. The van der Waals surface area contributed by atoms with E-state index in [1.54, 1.807) is 17.0 Å². The fraction of sp³-hybridized carbons (Fsp3) is 0.263. The Bertz CT molecular complexity index is 709. The lowest BCUT2D eigenvalue weighted by Crippen LogP contribution is -2.36. The number of rotatable bonds is 4. The molecule has 1 fully saturated rings. The first kappa shape index (κ1) is 14.3. The standard InChI is InChI=1S/C19H18N2O/c1-21(14-16-9-7-15(13-20)8-10-16)18(22)19(11-12-19)17-5-3-2-4-6-17/h2-10H,11-12,14H2,1H3. The molecule has 3 nitrogen and oxygen atoms in total. The molecule has 1 aliphatic carbocycles. The Morgan fingerprint density at radius 1 is 1.14 bits per heavy atom. The highest BCUT2D eigenvalue weighted by molar-refractivity contribution is 5.91. The molecule has 1 aliphatic rings. The Morgan fingerprint density at radius 2 is 1.77 bits per heavy atom. The third kappa shape index (κ3) is 2.60. The number of hydrogen-bond acceptors (Lipinski definition) is 2. The maximum atomic E-state index is 12.8. The van der Waals surface area contributed by atoms with Crippen molar-refractivity contribution in [3.05, 3.63) is 71.3 Å². The molecule has 0 bridgehead atoms. The molecule has 0 aromatic heterocycles. The summed E-state index contributed by atoms with van der Waals surface area (Å²) in [5, 5.41) is 8.83. The molecular weight excluding hydrogens is 272 g/mol. The van der Waals surface area contributed by atoms with Crippen molar-refractivity contribution in [1.29, 1.82) is 5.26 Å². The molecule has 0 saturated heterocycles. The molecule has 2 aromatic carbocycles. The Morgan fingerprint density at radius 3 is 2.32 bits per heavy atom. The first-order chi connectivity index (χ1) is 10.7. The normalized spacial score (nSPS) is 14.9. The number of carbonyl (C=O) groups excluding carboxylic acids is 1. The van der Waals surface area contributed by atoms with Crippen LogP contribution in [0.3, 0.4) is 0 Å². The van der Waals surface area contributed by atoms with Crippen molar-refractivity contribution in [2.24, 2.45) is 0 Å². The van der Waals surface area contributed by atoms with Crippen molar-refractivity contribution in [1.82, 2.24) is 4.90 Å². The maximum absolute atomic E-state index is 12.8. The van der Waals surface area contributed by atoms with Gasteiger partial charge in [-0.3, -0.25) is 4.79 Å². The van der Waals surface area contributed by atoms with Crippen LogP contribution in [0.15, 0.2) is 54.6 Å². The lowest BCUT2D eigenvalue weighted by molar-refractivity contribution is -0.133. The maximum Gasteiger partial charge on any atom is 0.233 e. The van der Waals surface area contributed by atoms with Crippen LogP contribution in [0.4, 0.5) is 0 Å². The molecule has 0 atom stereocenters. The summed E-state index contributed by atoms with van der Waals surface area (Å²) >= 11 is 0. The number of nitriles is 1. The summed E-state index contributed by atoms with van der Waals surface area (Å²) < 4.78 is 0. The van der Waals surface area contributed by atoms with E-state index in [1.807, 2.05) is 49.5 Å². The van der Waals surface area contributed by atoms with Crippen LogP contribution in [0.5, 0.6) is 0 Å². The van der Waals surface area contributed by atoms with E-state index in [0.717, 1.165) is 24.0 Å². The van der Waals surface area contributed by atoms with Gasteiger partial charge in [-0.1, -0.05) is 42.5 Å². The van der Waals surface area contributed by atoms with E-state index < -0.39 is 0 Å². The summed E-state index contributed by atoms with van der Waals surface area (Å²) in [6.45, 7) is 0.569. The second-order valence-corrected chi connectivity index (χ2v) is 5.92. The van der Waals surface area contributed by atoms with Crippen LogP contribution in [-0.2, 0) is 16.8 Å². The van der Waals surface area contributed by atoms with Gasteiger partial charge in [-0.25, -0.2) is 0 Å². The molecule has 0 spiro atoms. The molecule has 0 N–H and O–H groups in total. The fourth-order valence-electron chi connectivity index (χ4n) is 2.90. The molecule has 3 heteroatoms. The smallest absolute Gasteiger partial charge is 0.233 e. The average molecular weight is 290 g/mol. The van der Waals surface area contributed by atoms with Crippen LogP contribution in [0, 0.1) is 11.3 Å². The van der Waals surface area contributed by atoms with Gasteiger partial charge >= 0.3 is 0 Å². The monoisotopic (exact) mass is 290 g/mol. The average Bonchev–Trinajstić information content (AvgIpc) is 3.37. The van der Waals surface area contributed by atoms with E-state index in [-0.39, 0.29) is 11.3 Å². The first-order valence-corrected chi connectivity index (χ1v) is 7.46. The zero-order valence-corrected chi connectivity index (χ0v) is 12.6. The number of nitrogens with zero attached hydrogens (tertiary/aromatic N) is 2. The van der Waals surface area contributed by atoms with Gasteiger partial charge in [0.05, 0.1) is 17.0 Å². The highest BCUT2D eigenvalue weighted by Crippen LogP contribution is 2.49. The van der Waals surface area contributed by atoms with Gasteiger partial charge in [0, 0.05) is 13.6 Å². The van der Waals surface area contributed by atoms with Gasteiger partial charge in [-0.2, -0.15) is 5.26 Å². The largest absolute Gasteiger partial charge is 0.341 e. The van der Waals surface area contributed by atoms with Crippen molar-refractivity contribution in [2.75, 3.05) is 7.05 Å². The van der Waals surface area contributed by atoms with E-state index in [0.29, 0.717) is 12.1 Å². The van der Waals surface area contributed by atoms with Crippen LogP contribution >= 0.6 is 0 Å². The van der Waals surface area contributed by atoms with Crippen LogP contribution in [0.25, 0.3) is 0 Å². The second-order valence-electron chi connectivity index (χ2n) is 5.92. The molecule has 3 rings (SSSR count). The Kier molecular flexibility index (Phi) is 3.68. The highest BCUT2D eigenvalue weighted by atomic mass is 16.2.